The van der Waals surface area contributed by atoms with Gasteiger partial charge in [-0.05, 0) is 54.7 Å². The maximum absolute atomic E-state index is 13.7. The number of halogens is 4. The SMILES string of the molecule is CCC(CC)c1ccc(Nc2ncc(C(F)(F)F)c(Nc3ccc(F)cc3C(=O)NC)n2)c(P(=O)(O)O)c1. The number of carbonyl (C=O) groups is 1. The van der Waals surface area contributed by atoms with Gasteiger partial charge in [-0.25, -0.2) is 9.37 Å². The Morgan fingerprint density at radius 2 is 1.71 bits per heavy atom. The summed E-state index contributed by atoms with van der Waals surface area (Å²) in [5.74, 6) is -2.65. The quantitative estimate of drug-likeness (QED) is 0.180. The Hall–Kier alpha value is -3.54. The Balaban J connectivity index is 2.08. The van der Waals surface area contributed by atoms with Gasteiger partial charge in [0, 0.05) is 13.2 Å². The fraction of sp³-hybridized carbons (Fsp3) is 0.292. The standard InChI is InChI=1S/C24H26F4N5O4P/c1-4-13(5-2)14-6-8-19(20(10-14)38(35,36)37)32-23-30-12-17(24(26,27)28)21(33-23)31-18-9-7-15(25)11-16(18)22(34)29-3/h6-13H,4-5H2,1-3H3,(H,29,34)(H2,35,36,37)(H2,30,31,32,33). The van der Waals surface area contributed by atoms with Crippen LogP contribution in [0.5, 0.6) is 0 Å². The van der Waals surface area contributed by atoms with Crippen LogP contribution in [-0.2, 0) is 10.7 Å². The Labute approximate surface area is 215 Å². The molecular formula is C24H26F4N5O4P. The first-order valence-electron chi connectivity index (χ1n) is 11.5. The van der Waals surface area contributed by atoms with Crippen molar-refractivity contribution in [3.8, 4) is 0 Å². The van der Waals surface area contributed by atoms with E-state index in [1.165, 1.54) is 19.2 Å². The number of hydrogen-bond donors (Lipinski definition) is 5. The van der Waals surface area contributed by atoms with E-state index in [-0.39, 0.29) is 28.2 Å². The molecule has 5 N–H and O–H groups in total. The molecule has 0 aliphatic heterocycles. The highest BCUT2D eigenvalue weighted by Crippen LogP contribution is 2.40. The number of amides is 1. The van der Waals surface area contributed by atoms with Crippen LogP contribution >= 0.6 is 7.60 Å². The van der Waals surface area contributed by atoms with Gasteiger partial charge in [0.05, 0.1) is 22.2 Å². The van der Waals surface area contributed by atoms with Gasteiger partial charge < -0.3 is 25.7 Å². The number of rotatable bonds is 9. The summed E-state index contributed by atoms with van der Waals surface area (Å²) in [7, 11) is -3.53. The largest absolute Gasteiger partial charge is 0.421 e. The normalized spacial score (nSPS) is 11.9. The first-order valence-corrected chi connectivity index (χ1v) is 13.1. The first-order chi connectivity index (χ1) is 17.8. The lowest BCUT2D eigenvalue weighted by Crippen LogP contribution is -2.20. The van der Waals surface area contributed by atoms with E-state index in [0.29, 0.717) is 11.8 Å². The Morgan fingerprint density at radius 3 is 2.29 bits per heavy atom. The number of anilines is 4. The van der Waals surface area contributed by atoms with Crippen molar-refractivity contribution in [3.63, 3.8) is 0 Å². The van der Waals surface area contributed by atoms with Crippen LogP contribution in [0.2, 0.25) is 0 Å². The summed E-state index contributed by atoms with van der Waals surface area (Å²) in [4.78, 5) is 39.5. The third kappa shape index (κ3) is 6.66. The molecule has 9 nitrogen and oxygen atoms in total. The molecule has 0 atom stereocenters. The van der Waals surface area contributed by atoms with Crippen LogP contribution in [-0.4, -0.2) is 32.7 Å². The molecule has 0 unspecified atom stereocenters. The summed E-state index contributed by atoms with van der Waals surface area (Å²) < 4.78 is 67.1. The summed E-state index contributed by atoms with van der Waals surface area (Å²) in [6, 6.07) is 7.31. The van der Waals surface area contributed by atoms with Crippen LogP contribution in [0.3, 0.4) is 0 Å². The van der Waals surface area contributed by atoms with Gasteiger partial charge >= 0.3 is 13.8 Å². The minimum Gasteiger partial charge on any atom is -0.355 e. The molecule has 0 spiro atoms. The Kier molecular flexibility index (Phi) is 8.75. The fourth-order valence-electron chi connectivity index (χ4n) is 3.85. The third-order valence-electron chi connectivity index (χ3n) is 5.84. The third-order valence-corrected chi connectivity index (χ3v) is 6.84. The number of carbonyl (C=O) groups excluding carboxylic acids is 1. The van der Waals surface area contributed by atoms with E-state index in [4.69, 9.17) is 0 Å². The van der Waals surface area contributed by atoms with Crippen LogP contribution in [0.25, 0.3) is 0 Å². The molecule has 0 aliphatic rings. The summed E-state index contributed by atoms with van der Waals surface area (Å²) in [6.45, 7) is 3.89. The highest BCUT2D eigenvalue weighted by Gasteiger charge is 2.36. The molecule has 0 aliphatic carbocycles. The van der Waals surface area contributed by atoms with Crippen LogP contribution in [0.15, 0.2) is 42.6 Å². The molecule has 204 valence electrons. The minimum absolute atomic E-state index is 0.0534. The van der Waals surface area contributed by atoms with Crippen molar-refractivity contribution in [1.29, 1.82) is 0 Å². The average Bonchev–Trinajstić information content (AvgIpc) is 2.85. The molecule has 0 bridgehead atoms. The van der Waals surface area contributed by atoms with Gasteiger partial charge in [0.15, 0.2) is 0 Å². The van der Waals surface area contributed by atoms with Crippen LogP contribution in [0.4, 0.5) is 40.7 Å². The maximum Gasteiger partial charge on any atom is 0.421 e. The van der Waals surface area contributed by atoms with Crippen molar-refractivity contribution in [1.82, 2.24) is 15.3 Å². The van der Waals surface area contributed by atoms with Crippen molar-refractivity contribution < 1.29 is 36.7 Å². The number of nitrogens with zero attached hydrogens (tertiary/aromatic N) is 2. The van der Waals surface area contributed by atoms with Crippen molar-refractivity contribution in [3.05, 3.63) is 65.1 Å². The number of benzene rings is 2. The van der Waals surface area contributed by atoms with Crippen molar-refractivity contribution in [2.75, 3.05) is 17.7 Å². The average molecular weight is 555 g/mol. The molecule has 1 heterocycles. The van der Waals surface area contributed by atoms with E-state index in [1.807, 2.05) is 13.8 Å². The van der Waals surface area contributed by atoms with E-state index >= 15 is 0 Å². The summed E-state index contributed by atoms with van der Waals surface area (Å²) >= 11 is 0. The first kappa shape index (κ1) is 29.0. The smallest absolute Gasteiger partial charge is 0.355 e. The van der Waals surface area contributed by atoms with Crippen molar-refractivity contribution >= 4 is 41.9 Å². The second kappa shape index (κ2) is 11.5. The predicted molar refractivity (Wildman–Crippen MR) is 135 cm³/mol. The molecule has 0 saturated heterocycles. The highest BCUT2D eigenvalue weighted by atomic mass is 31.2. The molecule has 38 heavy (non-hydrogen) atoms. The zero-order valence-corrected chi connectivity index (χ0v) is 21.5. The van der Waals surface area contributed by atoms with Gasteiger partial charge in [-0.1, -0.05) is 19.9 Å². The Bertz CT molecular complexity index is 1380. The fourth-order valence-corrected chi connectivity index (χ4v) is 4.61. The summed E-state index contributed by atoms with van der Waals surface area (Å²) in [5.41, 5.74) is -1.10. The van der Waals surface area contributed by atoms with Crippen LogP contribution in [0.1, 0.15) is 54.1 Å². The van der Waals surface area contributed by atoms with Gasteiger partial charge in [-0.15, -0.1) is 0 Å². The molecule has 14 heteroatoms. The van der Waals surface area contributed by atoms with Crippen LogP contribution in [0, 0.1) is 5.82 Å². The van der Waals surface area contributed by atoms with E-state index in [0.717, 1.165) is 31.0 Å². The molecular weight excluding hydrogens is 529 g/mol. The summed E-state index contributed by atoms with van der Waals surface area (Å²) in [6.07, 6.45) is -2.94. The van der Waals surface area contributed by atoms with Gasteiger partial charge in [0.1, 0.15) is 17.2 Å². The van der Waals surface area contributed by atoms with E-state index in [2.05, 4.69) is 25.9 Å². The second-order valence-corrected chi connectivity index (χ2v) is 9.88. The maximum atomic E-state index is 13.7. The molecule has 0 saturated carbocycles. The topological polar surface area (TPSA) is 136 Å². The lowest BCUT2D eigenvalue weighted by Gasteiger charge is -2.19. The van der Waals surface area contributed by atoms with E-state index in [1.54, 1.807) is 6.07 Å². The van der Waals surface area contributed by atoms with E-state index in [9.17, 15) is 36.7 Å². The monoisotopic (exact) mass is 555 g/mol. The molecule has 2 aromatic carbocycles. The lowest BCUT2D eigenvalue weighted by atomic mass is 9.94. The zero-order valence-electron chi connectivity index (χ0n) is 20.6. The second-order valence-electron chi connectivity index (χ2n) is 8.31. The number of nitrogens with one attached hydrogen (secondary N) is 3. The molecule has 1 amide bonds. The molecule has 0 radical (unpaired) electrons. The molecule has 3 aromatic rings. The van der Waals surface area contributed by atoms with Crippen molar-refractivity contribution in [2.45, 2.75) is 38.8 Å². The Morgan fingerprint density at radius 1 is 1.05 bits per heavy atom. The number of aromatic nitrogens is 2. The predicted octanol–water partition coefficient (Wildman–Crippen LogP) is 5.19. The lowest BCUT2D eigenvalue weighted by molar-refractivity contribution is -0.137. The number of hydrogen-bond acceptors (Lipinski definition) is 6. The minimum atomic E-state index is -4.90. The summed E-state index contributed by atoms with van der Waals surface area (Å²) in [5, 5.41) is 6.91. The highest BCUT2D eigenvalue weighted by molar-refractivity contribution is 7.60. The van der Waals surface area contributed by atoms with Gasteiger partial charge in [-0.3, -0.25) is 9.36 Å². The molecule has 1 aromatic heterocycles. The van der Waals surface area contributed by atoms with Crippen LogP contribution < -0.4 is 21.3 Å². The molecule has 3 rings (SSSR count). The van der Waals surface area contributed by atoms with Gasteiger partial charge in [-0.2, -0.15) is 18.2 Å². The van der Waals surface area contributed by atoms with Gasteiger partial charge in [0.25, 0.3) is 5.91 Å². The number of alkyl halides is 3. The van der Waals surface area contributed by atoms with Crippen molar-refractivity contribution in [2.24, 2.45) is 0 Å². The van der Waals surface area contributed by atoms with E-state index < -0.39 is 42.8 Å². The molecule has 0 fully saturated rings. The van der Waals surface area contributed by atoms with Gasteiger partial charge in [0.2, 0.25) is 5.95 Å². The zero-order chi connectivity index (χ0) is 28.3.